The molecule has 4 heterocycles. The maximum Gasteiger partial charge on any atom is 0.278 e. The van der Waals surface area contributed by atoms with Crippen molar-refractivity contribution in [2.75, 3.05) is 11.9 Å². The number of benzene rings is 5. The van der Waals surface area contributed by atoms with Crippen molar-refractivity contribution in [3.8, 4) is 22.6 Å². The van der Waals surface area contributed by atoms with Gasteiger partial charge in [0, 0.05) is 58.4 Å². The number of H-pyrrole nitrogens is 1. The van der Waals surface area contributed by atoms with E-state index >= 15 is 8.78 Å². The number of hydrogen-bond donors (Lipinski definition) is 2. The first-order valence-electron chi connectivity index (χ1n) is 17.5. The molecule has 14 heteroatoms. The molecule has 2 unspecified atom stereocenters. The number of imidazole rings is 1. The van der Waals surface area contributed by atoms with Gasteiger partial charge in [0.25, 0.3) is 11.7 Å². The summed E-state index contributed by atoms with van der Waals surface area (Å²) in [6.07, 6.45) is 0.764. The first-order chi connectivity index (χ1) is 26.4. The molecule has 1 amide bonds. The normalized spacial score (nSPS) is 17.5. The van der Waals surface area contributed by atoms with E-state index < -0.39 is 23.2 Å². The van der Waals surface area contributed by atoms with E-state index in [0.29, 0.717) is 46.3 Å². The summed E-state index contributed by atoms with van der Waals surface area (Å²) in [6.45, 7) is 4.49. The van der Waals surface area contributed by atoms with Gasteiger partial charge in [-0.1, -0.05) is 35.3 Å². The summed E-state index contributed by atoms with van der Waals surface area (Å²) in [5.41, 5.74) is 3.89. The van der Waals surface area contributed by atoms with Gasteiger partial charge in [-0.25, -0.2) is 18.2 Å². The first kappa shape index (κ1) is 35.2. The maximum atomic E-state index is 16.1. The van der Waals surface area contributed by atoms with Crippen LogP contribution in [0.4, 0.5) is 18.9 Å². The van der Waals surface area contributed by atoms with Crippen molar-refractivity contribution < 1.29 is 32.2 Å². The fraction of sp³-hybridized carbons (Fsp3) is 0.195. The molecule has 2 N–H and O–H groups in total. The van der Waals surface area contributed by atoms with E-state index in [0.717, 1.165) is 41.2 Å². The number of rotatable bonds is 8. The Kier molecular flexibility index (Phi) is 8.52. The summed E-state index contributed by atoms with van der Waals surface area (Å²) >= 11 is 12.4. The van der Waals surface area contributed by atoms with Crippen molar-refractivity contribution in [1.29, 1.82) is 0 Å². The third kappa shape index (κ3) is 6.24. The lowest BCUT2D eigenvalue weighted by molar-refractivity contribution is -0.0705. The summed E-state index contributed by atoms with van der Waals surface area (Å²) in [7, 11) is 0. The number of aromatic amines is 1. The Hall–Kier alpha value is -5.56. The van der Waals surface area contributed by atoms with Crippen molar-refractivity contribution in [1.82, 2.24) is 19.7 Å². The van der Waals surface area contributed by atoms with Crippen LogP contribution < -0.4 is 14.8 Å². The van der Waals surface area contributed by atoms with Crippen LogP contribution in [-0.2, 0) is 23.5 Å². The van der Waals surface area contributed by atoms with E-state index in [1.165, 1.54) is 12.1 Å². The maximum absolute atomic E-state index is 16.1. The molecule has 2 aliphatic heterocycles. The number of carbonyl (C=O) groups is 1. The quantitative estimate of drug-likeness (QED) is 0.159. The third-order valence-corrected chi connectivity index (χ3v) is 10.6. The Morgan fingerprint density at radius 1 is 0.982 bits per heavy atom. The van der Waals surface area contributed by atoms with Crippen LogP contribution in [0.1, 0.15) is 46.3 Å². The van der Waals surface area contributed by atoms with Crippen LogP contribution in [0.3, 0.4) is 0 Å². The second-order valence-electron chi connectivity index (χ2n) is 13.8. The Bertz CT molecular complexity index is 2710. The van der Waals surface area contributed by atoms with Crippen LogP contribution in [0.25, 0.3) is 33.1 Å². The van der Waals surface area contributed by atoms with Crippen LogP contribution in [0, 0.1) is 24.4 Å². The molecule has 0 spiro atoms. The number of para-hydroxylation sites is 1. The molecule has 5 aromatic carbocycles. The largest absolute Gasteiger partial charge is 0.444 e. The Morgan fingerprint density at radius 3 is 2.60 bits per heavy atom. The molecule has 2 aromatic heterocycles. The zero-order valence-corrected chi connectivity index (χ0v) is 30.8. The van der Waals surface area contributed by atoms with E-state index in [1.54, 1.807) is 49.4 Å². The van der Waals surface area contributed by atoms with Gasteiger partial charge in [0.2, 0.25) is 0 Å². The summed E-state index contributed by atoms with van der Waals surface area (Å²) < 4.78 is 66.9. The van der Waals surface area contributed by atoms with Gasteiger partial charge < -0.3 is 24.1 Å². The van der Waals surface area contributed by atoms with Crippen LogP contribution in [0.2, 0.25) is 10.0 Å². The van der Waals surface area contributed by atoms with Crippen LogP contribution in [-0.4, -0.2) is 38.4 Å². The molecule has 0 radical (unpaired) electrons. The molecule has 7 aromatic rings. The molecule has 0 saturated carbocycles. The minimum absolute atomic E-state index is 0.0326. The molecule has 2 aliphatic rings. The van der Waals surface area contributed by atoms with Gasteiger partial charge in [-0.3, -0.25) is 9.89 Å². The van der Waals surface area contributed by atoms with E-state index in [4.69, 9.17) is 42.4 Å². The molecule has 1 fully saturated rings. The van der Waals surface area contributed by atoms with E-state index in [1.807, 2.05) is 17.6 Å². The van der Waals surface area contributed by atoms with Crippen LogP contribution in [0.15, 0.2) is 78.9 Å². The zero-order valence-electron chi connectivity index (χ0n) is 29.3. The Morgan fingerprint density at radius 2 is 1.82 bits per heavy atom. The number of carbonyl (C=O) groups excluding carboxylic acids is 1. The summed E-state index contributed by atoms with van der Waals surface area (Å²) in [4.78, 5) is 18.1. The number of anilines is 1. The fourth-order valence-corrected chi connectivity index (χ4v) is 7.59. The predicted molar refractivity (Wildman–Crippen MR) is 203 cm³/mol. The Labute approximate surface area is 321 Å². The van der Waals surface area contributed by atoms with E-state index in [9.17, 15) is 9.18 Å². The van der Waals surface area contributed by atoms with Crippen molar-refractivity contribution in [3.63, 3.8) is 0 Å². The number of halogens is 5. The molecule has 9 rings (SSSR count). The monoisotopic (exact) mass is 783 g/mol. The van der Waals surface area contributed by atoms with Crippen LogP contribution >= 0.6 is 23.2 Å². The van der Waals surface area contributed by atoms with Crippen molar-refractivity contribution >= 4 is 56.7 Å². The highest BCUT2D eigenvalue weighted by Gasteiger charge is 2.42. The minimum atomic E-state index is -1.57. The summed E-state index contributed by atoms with van der Waals surface area (Å²) in [6, 6.07) is 19.8. The number of nitrogens with zero attached hydrogens (tertiary/aromatic N) is 3. The minimum Gasteiger partial charge on any atom is -0.444 e. The highest BCUT2D eigenvalue weighted by atomic mass is 35.5. The molecule has 55 heavy (non-hydrogen) atoms. The standard InChI is InChI=1S/C41H30Cl2F3N5O4/c1-20-27-12-22(13-30(43)38(27)50-49-20)40(52)47-24-7-9-35-34(17-24)48-37(51(35)19-25-10-11-53-25)15-21-14-32(45)28(18-31(21)44)26-4-3-5-36-39(26)55-41(2,54-36)29-8-6-23(42)16-33(29)46/h3-9,12-14,16-18,25H,10-11,15,19H2,1-2H3,(H,47,52)(H,49,50). The van der Waals surface area contributed by atoms with Gasteiger partial charge >= 0.3 is 0 Å². The SMILES string of the molecule is Cc1[nH]nc2c(Cl)cc(C(=O)Nc3ccc4c(c3)nc(Cc3cc(F)c(-c5cccc6c5OC(C)(c5ccc(Cl)cc5F)O6)cc3F)n4CC3CCO3)cc12. The molecule has 1 saturated heterocycles. The second-order valence-corrected chi connectivity index (χ2v) is 14.6. The number of aromatic nitrogens is 4. The fourth-order valence-electron chi connectivity index (χ4n) is 7.17. The van der Waals surface area contributed by atoms with E-state index in [-0.39, 0.29) is 57.2 Å². The average Bonchev–Trinajstić information content (AvgIpc) is 3.79. The molecule has 9 nitrogen and oxygen atoms in total. The number of aryl methyl sites for hydroxylation is 1. The van der Waals surface area contributed by atoms with Crippen LogP contribution in [0.5, 0.6) is 11.5 Å². The number of hydrogen-bond acceptors (Lipinski definition) is 6. The third-order valence-electron chi connectivity index (χ3n) is 10.1. The Balaban J connectivity index is 1.01. The number of nitrogens with one attached hydrogen (secondary N) is 2. The van der Waals surface area contributed by atoms with Crippen molar-refractivity contribution in [2.24, 2.45) is 0 Å². The summed E-state index contributed by atoms with van der Waals surface area (Å²) in [5, 5.41) is 11.3. The van der Waals surface area contributed by atoms with Gasteiger partial charge in [-0.05, 0) is 85.6 Å². The highest BCUT2D eigenvalue weighted by Crippen LogP contribution is 2.50. The van der Waals surface area contributed by atoms with Crippen molar-refractivity contribution in [2.45, 2.75) is 45.1 Å². The highest BCUT2D eigenvalue weighted by molar-refractivity contribution is 6.35. The smallest absolute Gasteiger partial charge is 0.278 e. The molecule has 0 bridgehead atoms. The lowest BCUT2D eigenvalue weighted by Gasteiger charge is -2.27. The molecule has 0 aliphatic carbocycles. The number of fused-ring (bicyclic) bond motifs is 3. The first-order valence-corrected chi connectivity index (χ1v) is 18.2. The topological polar surface area (TPSA) is 103 Å². The van der Waals surface area contributed by atoms with Gasteiger partial charge in [0.15, 0.2) is 11.5 Å². The van der Waals surface area contributed by atoms with Gasteiger partial charge in [0.05, 0.1) is 34.3 Å². The molecular formula is C41H30Cl2F3N5O4. The van der Waals surface area contributed by atoms with Gasteiger partial charge in [-0.2, -0.15) is 5.10 Å². The van der Waals surface area contributed by atoms with Crippen molar-refractivity contribution in [3.05, 3.63) is 135 Å². The molecule has 2 atom stereocenters. The van der Waals surface area contributed by atoms with Gasteiger partial charge in [-0.15, -0.1) is 0 Å². The van der Waals surface area contributed by atoms with Gasteiger partial charge in [0.1, 0.15) is 28.8 Å². The lowest BCUT2D eigenvalue weighted by atomic mass is 10.00. The predicted octanol–water partition coefficient (Wildman–Crippen LogP) is 9.89. The average molecular weight is 785 g/mol. The summed E-state index contributed by atoms with van der Waals surface area (Å²) in [5.74, 6) is -3.04. The molecular weight excluding hydrogens is 754 g/mol. The number of ether oxygens (including phenoxy) is 3. The lowest BCUT2D eigenvalue weighted by Crippen LogP contribution is -2.32. The molecule has 278 valence electrons. The second kappa shape index (κ2) is 13.3. The zero-order chi connectivity index (χ0) is 38.2. The van der Waals surface area contributed by atoms with E-state index in [2.05, 4.69) is 15.5 Å². The number of amides is 1.